The smallest absolute Gasteiger partial charge is 0.422 e. The fraction of sp³-hybridized carbons (Fsp3) is 0.286. The molecule has 1 amide bonds. The van der Waals surface area contributed by atoms with Gasteiger partial charge in [-0.3, -0.25) is 4.79 Å². The third-order valence-electron chi connectivity index (χ3n) is 6.56. The van der Waals surface area contributed by atoms with E-state index in [-0.39, 0.29) is 35.2 Å². The molecule has 1 atom stereocenters. The van der Waals surface area contributed by atoms with E-state index >= 15 is 0 Å². The number of aromatic nitrogens is 3. The van der Waals surface area contributed by atoms with Gasteiger partial charge in [0, 0.05) is 24.0 Å². The Kier molecular flexibility index (Phi) is 8.27. The number of carbonyl (C=O) groups is 1. The maximum Gasteiger partial charge on any atom is 0.422 e. The van der Waals surface area contributed by atoms with Crippen LogP contribution in [0.5, 0.6) is 11.5 Å². The lowest BCUT2D eigenvalue weighted by atomic mass is 9.96. The quantitative estimate of drug-likeness (QED) is 0.278. The van der Waals surface area contributed by atoms with E-state index in [1.165, 1.54) is 23.5 Å². The topological polar surface area (TPSA) is 106 Å². The number of hydrogen-bond acceptors (Lipinski definition) is 8. The first-order valence-corrected chi connectivity index (χ1v) is 13.6. The summed E-state index contributed by atoms with van der Waals surface area (Å²) in [6.07, 6.45) is -0.233. The molecule has 2 aromatic carbocycles. The lowest BCUT2D eigenvalue weighted by Crippen LogP contribution is -2.40. The predicted octanol–water partition coefficient (Wildman–Crippen LogP) is 5.77. The molecule has 5 rings (SSSR count). The standard InChI is InChI=1S/C28H27F3N6O2S/c29-28(30,31)25-23(39-21-6-2-1-3-7-21)9-8-22(26(25)37-12-4-5-18(14-32)16-37)36-24(38)13-20-17-40-27(35-20)19-10-11-33-34-15-19/h1-3,6-11,15,17-18H,4-5,12-14,16,32H2,(H,36,38)/t18-/m0/s1. The predicted molar refractivity (Wildman–Crippen MR) is 147 cm³/mol. The molecule has 3 N–H and O–H groups in total. The molecule has 0 spiro atoms. The van der Waals surface area contributed by atoms with Crippen molar-refractivity contribution in [2.45, 2.75) is 25.4 Å². The molecule has 0 aliphatic carbocycles. The minimum absolute atomic E-state index is 0.0354. The molecule has 12 heteroatoms. The molecule has 1 aliphatic heterocycles. The third kappa shape index (κ3) is 6.40. The number of amides is 1. The third-order valence-corrected chi connectivity index (χ3v) is 7.50. The maximum atomic E-state index is 14.7. The van der Waals surface area contributed by atoms with Crippen molar-refractivity contribution in [1.82, 2.24) is 15.2 Å². The number of carbonyl (C=O) groups excluding carboxylic acids is 1. The minimum Gasteiger partial charge on any atom is -0.457 e. The van der Waals surface area contributed by atoms with Crippen molar-refractivity contribution >= 4 is 28.6 Å². The van der Waals surface area contributed by atoms with Crippen molar-refractivity contribution in [2.24, 2.45) is 11.7 Å². The van der Waals surface area contributed by atoms with E-state index in [0.29, 0.717) is 36.8 Å². The molecule has 0 radical (unpaired) electrons. The Balaban J connectivity index is 1.48. The first kappa shape index (κ1) is 27.5. The number of alkyl halides is 3. The molecule has 1 fully saturated rings. The highest BCUT2D eigenvalue weighted by atomic mass is 32.1. The fourth-order valence-electron chi connectivity index (χ4n) is 4.73. The van der Waals surface area contributed by atoms with E-state index in [0.717, 1.165) is 12.0 Å². The highest BCUT2D eigenvalue weighted by Crippen LogP contribution is 2.48. The number of nitrogens with one attached hydrogen (secondary N) is 1. The summed E-state index contributed by atoms with van der Waals surface area (Å²) in [6.45, 7) is 1.10. The van der Waals surface area contributed by atoms with Crippen LogP contribution < -0.4 is 20.7 Å². The number of piperidine rings is 1. The molecule has 0 bridgehead atoms. The monoisotopic (exact) mass is 568 g/mol. The second-order valence-electron chi connectivity index (χ2n) is 9.44. The number of thiazole rings is 1. The lowest BCUT2D eigenvalue weighted by Gasteiger charge is -2.37. The van der Waals surface area contributed by atoms with Crippen molar-refractivity contribution in [1.29, 1.82) is 0 Å². The number of halogens is 3. The van der Waals surface area contributed by atoms with Crippen LogP contribution in [0.4, 0.5) is 24.5 Å². The van der Waals surface area contributed by atoms with Crippen LogP contribution in [0.1, 0.15) is 24.1 Å². The summed E-state index contributed by atoms with van der Waals surface area (Å²) in [5, 5.41) is 12.7. The molecule has 8 nitrogen and oxygen atoms in total. The zero-order chi connectivity index (χ0) is 28.1. The lowest BCUT2D eigenvalue weighted by molar-refractivity contribution is -0.138. The molecule has 40 heavy (non-hydrogen) atoms. The number of hydrogen-bond donors (Lipinski definition) is 2. The molecule has 4 aromatic rings. The maximum absolute atomic E-state index is 14.7. The van der Waals surface area contributed by atoms with Gasteiger partial charge >= 0.3 is 6.18 Å². The molecular weight excluding hydrogens is 541 g/mol. The fourth-order valence-corrected chi connectivity index (χ4v) is 5.54. The SMILES string of the molecule is NC[C@@H]1CCCN(c2c(NC(=O)Cc3csc(-c4ccnnc4)n3)ccc(Oc3ccccc3)c2C(F)(F)F)C1. The van der Waals surface area contributed by atoms with Crippen LogP contribution in [0.25, 0.3) is 10.6 Å². The summed E-state index contributed by atoms with van der Waals surface area (Å²) in [5.41, 5.74) is 6.16. The van der Waals surface area contributed by atoms with Crippen LogP contribution in [0.3, 0.4) is 0 Å². The van der Waals surface area contributed by atoms with Gasteiger partial charge < -0.3 is 20.7 Å². The Morgan fingerprint density at radius 2 is 1.98 bits per heavy atom. The van der Waals surface area contributed by atoms with Crippen LogP contribution in [0.15, 0.2) is 66.3 Å². The molecule has 3 heterocycles. The van der Waals surface area contributed by atoms with Gasteiger partial charge in [0.1, 0.15) is 22.1 Å². The van der Waals surface area contributed by atoms with E-state index in [4.69, 9.17) is 10.5 Å². The number of anilines is 2. The number of nitrogens with zero attached hydrogens (tertiary/aromatic N) is 4. The van der Waals surface area contributed by atoms with Gasteiger partial charge in [-0.2, -0.15) is 23.4 Å². The summed E-state index contributed by atoms with van der Waals surface area (Å²) < 4.78 is 49.9. The molecule has 2 aromatic heterocycles. The summed E-state index contributed by atoms with van der Waals surface area (Å²) >= 11 is 1.34. The normalized spacial score (nSPS) is 15.6. The van der Waals surface area contributed by atoms with Gasteiger partial charge in [0.15, 0.2) is 0 Å². The summed E-state index contributed by atoms with van der Waals surface area (Å²) in [5.74, 6) is -0.508. The number of para-hydroxylation sites is 1. The van der Waals surface area contributed by atoms with Gasteiger partial charge in [0.2, 0.25) is 5.91 Å². The number of rotatable bonds is 8. The Hall–Kier alpha value is -4.03. The van der Waals surface area contributed by atoms with Gasteiger partial charge in [-0.25, -0.2) is 4.98 Å². The van der Waals surface area contributed by atoms with E-state index < -0.39 is 17.6 Å². The molecule has 0 saturated carbocycles. The number of benzene rings is 2. The highest BCUT2D eigenvalue weighted by Gasteiger charge is 2.41. The second kappa shape index (κ2) is 12.0. The van der Waals surface area contributed by atoms with Crippen molar-refractivity contribution < 1.29 is 22.7 Å². The Bertz CT molecular complexity index is 1450. The molecular formula is C28H27F3N6O2S. The van der Waals surface area contributed by atoms with Crippen LogP contribution >= 0.6 is 11.3 Å². The van der Waals surface area contributed by atoms with Gasteiger partial charge in [-0.05, 0) is 55.6 Å². The van der Waals surface area contributed by atoms with Crippen molar-refractivity contribution in [2.75, 3.05) is 29.9 Å². The van der Waals surface area contributed by atoms with Crippen molar-refractivity contribution in [3.8, 4) is 22.1 Å². The Labute approximate surface area is 233 Å². The van der Waals surface area contributed by atoms with Crippen molar-refractivity contribution in [3.63, 3.8) is 0 Å². The number of nitrogens with two attached hydrogens (primary N) is 1. The number of ether oxygens (including phenoxy) is 1. The minimum atomic E-state index is -4.75. The summed E-state index contributed by atoms with van der Waals surface area (Å²) in [7, 11) is 0. The van der Waals surface area contributed by atoms with Crippen LogP contribution in [-0.2, 0) is 17.4 Å². The van der Waals surface area contributed by atoms with Gasteiger partial charge in [-0.1, -0.05) is 18.2 Å². The highest BCUT2D eigenvalue weighted by molar-refractivity contribution is 7.13. The van der Waals surface area contributed by atoms with Crippen LogP contribution in [0, 0.1) is 5.92 Å². The molecule has 0 unspecified atom stereocenters. The van der Waals surface area contributed by atoms with E-state index in [1.54, 1.807) is 59.1 Å². The summed E-state index contributed by atoms with van der Waals surface area (Å²) in [4.78, 5) is 19.2. The van der Waals surface area contributed by atoms with E-state index in [9.17, 15) is 18.0 Å². The zero-order valence-corrected chi connectivity index (χ0v) is 22.2. The van der Waals surface area contributed by atoms with E-state index in [2.05, 4.69) is 20.5 Å². The zero-order valence-electron chi connectivity index (χ0n) is 21.4. The Morgan fingerprint density at radius 3 is 2.70 bits per heavy atom. The second-order valence-corrected chi connectivity index (χ2v) is 10.3. The Morgan fingerprint density at radius 1 is 1.15 bits per heavy atom. The first-order chi connectivity index (χ1) is 19.3. The van der Waals surface area contributed by atoms with Gasteiger partial charge in [-0.15, -0.1) is 11.3 Å². The van der Waals surface area contributed by atoms with Crippen LogP contribution in [-0.4, -0.2) is 40.7 Å². The van der Waals surface area contributed by atoms with Crippen molar-refractivity contribution in [3.05, 3.63) is 77.6 Å². The van der Waals surface area contributed by atoms with E-state index in [1.807, 2.05) is 0 Å². The van der Waals surface area contributed by atoms with Gasteiger partial charge in [0.05, 0.1) is 35.9 Å². The first-order valence-electron chi connectivity index (χ1n) is 12.7. The average Bonchev–Trinajstić information content (AvgIpc) is 3.42. The van der Waals surface area contributed by atoms with Gasteiger partial charge in [0.25, 0.3) is 0 Å². The van der Waals surface area contributed by atoms with Crippen LogP contribution in [0.2, 0.25) is 0 Å². The average molecular weight is 569 g/mol. The molecule has 1 saturated heterocycles. The summed E-state index contributed by atoms with van der Waals surface area (Å²) in [6, 6.07) is 12.8. The molecule has 1 aliphatic rings. The largest absolute Gasteiger partial charge is 0.457 e. The molecule has 208 valence electrons.